The number of aryl methyl sites for hydroxylation is 1. The van der Waals surface area contributed by atoms with E-state index in [1.165, 1.54) is 11.3 Å². The highest BCUT2D eigenvalue weighted by Gasteiger charge is 2.24. The van der Waals surface area contributed by atoms with Crippen LogP contribution in [0.25, 0.3) is 0 Å². The Morgan fingerprint density at radius 2 is 1.59 bits per heavy atom. The number of nitrogens with zero attached hydrogens (tertiary/aromatic N) is 3. The molecule has 0 N–H and O–H groups in total. The number of hydrogen-bond acceptors (Lipinski definition) is 3. The summed E-state index contributed by atoms with van der Waals surface area (Å²) < 4.78 is 0. The van der Waals surface area contributed by atoms with Gasteiger partial charge in [0.05, 0.1) is 0 Å². The molecule has 0 saturated carbocycles. The molecule has 2 aromatic carbocycles. The SMILES string of the molecule is Cc1ccccc1N1CCN(C(=O)c2ccc(N3CCCC3=O)cc2)CC1. The second-order valence-electron chi connectivity index (χ2n) is 7.26. The number of carbonyl (C=O) groups excluding carboxylic acids is 2. The maximum atomic E-state index is 12.8. The zero-order chi connectivity index (χ0) is 18.8. The smallest absolute Gasteiger partial charge is 0.253 e. The fourth-order valence-electron chi connectivity index (χ4n) is 3.96. The van der Waals surface area contributed by atoms with Crippen LogP contribution in [0.1, 0.15) is 28.8 Å². The van der Waals surface area contributed by atoms with Crippen molar-refractivity contribution >= 4 is 23.2 Å². The summed E-state index contributed by atoms with van der Waals surface area (Å²) in [6.07, 6.45) is 1.52. The fourth-order valence-corrected chi connectivity index (χ4v) is 3.96. The van der Waals surface area contributed by atoms with Gasteiger partial charge in [-0.15, -0.1) is 0 Å². The van der Waals surface area contributed by atoms with Crippen LogP contribution in [0.4, 0.5) is 11.4 Å². The first-order chi connectivity index (χ1) is 13.1. The molecule has 2 saturated heterocycles. The zero-order valence-electron chi connectivity index (χ0n) is 15.7. The van der Waals surface area contributed by atoms with Gasteiger partial charge in [0.25, 0.3) is 5.91 Å². The molecule has 4 rings (SSSR count). The molecule has 2 aliphatic heterocycles. The lowest BCUT2D eigenvalue weighted by Gasteiger charge is -2.36. The number of benzene rings is 2. The van der Waals surface area contributed by atoms with Gasteiger partial charge < -0.3 is 14.7 Å². The molecule has 0 atom stereocenters. The summed E-state index contributed by atoms with van der Waals surface area (Å²) in [6.45, 7) is 6.03. The molecule has 0 unspecified atom stereocenters. The van der Waals surface area contributed by atoms with Gasteiger partial charge in [0.2, 0.25) is 5.91 Å². The van der Waals surface area contributed by atoms with E-state index in [-0.39, 0.29) is 11.8 Å². The topological polar surface area (TPSA) is 43.9 Å². The average Bonchev–Trinajstić information content (AvgIpc) is 3.14. The maximum Gasteiger partial charge on any atom is 0.253 e. The molecule has 2 fully saturated rings. The Bertz CT molecular complexity index is 839. The van der Waals surface area contributed by atoms with Crippen molar-refractivity contribution in [3.05, 3.63) is 59.7 Å². The summed E-state index contributed by atoms with van der Waals surface area (Å²) in [5.41, 5.74) is 4.10. The van der Waals surface area contributed by atoms with Gasteiger partial charge in [0.1, 0.15) is 0 Å². The molecule has 0 radical (unpaired) electrons. The van der Waals surface area contributed by atoms with Gasteiger partial charge in [-0.1, -0.05) is 18.2 Å². The summed E-state index contributed by atoms with van der Waals surface area (Å²) in [7, 11) is 0. The molecule has 2 aliphatic rings. The van der Waals surface area contributed by atoms with Crippen LogP contribution in [-0.4, -0.2) is 49.4 Å². The van der Waals surface area contributed by atoms with E-state index in [2.05, 4.69) is 36.1 Å². The lowest BCUT2D eigenvalue weighted by molar-refractivity contribution is -0.117. The number of carbonyl (C=O) groups is 2. The molecule has 0 aromatic heterocycles. The van der Waals surface area contributed by atoms with Gasteiger partial charge in [-0.05, 0) is 49.2 Å². The second-order valence-corrected chi connectivity index (χ2v) is 7.26. The predicted octanol–water partition coefficient (Wildman–Crippen LogP) is 3.08. The van der Waals surface area contributed by atoms with Crippen molar-refractivity contribution in [3.8, 4) is 0 Å². The van der Waals surface area contributed by atoms with Gasteiger partial charge in [-0.25, -0.2) is 0 Å². The van der Waals surface area contributed by atoms with Gasteiger partial charge in [-0.3, -0.25) is 9.59 Å². The molecule has 5 nitrogen and oxygen atoms in total. The summed E-state index contributed by atoms with van der Waals surface area (Å²) in [5.74, 6) is 0.236. The van der Waals surface area contributed by atoms with Crippen LogP contribution in [0.3, 0.4) is 0 Å². The highest BCUT2D eigenvalue weighted by Crippen LogP contribution is 2.23. The third-order valence-corrected chi connectivity index (χ3v) is 5.52. The standard InChI is InChI=1S/C22H25N3O2/c1-17-5-2-3-6-20(17)23-13-15-24(16-14-23)22(27)18-8-10-19(11-9-18)25-12-4-7-21(25)26/h2-3,5-6,8-11H,4,7,12-16H2,1H3. The van der Waals surface area contributed by atoms with Crippen molar-refractivity contribution in [2.45, 2.75) is 19.8 Å². The van der Waals surface area contributed by atoms with E-state index in [0.29, 0.717) is 12.0 Å². The zero-order valence-corrected chi connectivity index (χ0v) is 15.7. The van der Waals surface area contributed by atoms with Crippen LogP contribution in [0.2, 0.25) is 0 Å². The highest BCUT2D eigenvalue weighted by atomic mass is 16.2. The fraction of sp³-hybridized carbons (Fsp3) is 0.364. The number of para-hydroxylation sites is 1. The van der Waals surface area contributed by atoms with Crippen LogP contribution in [0, 0.1) is 6.92 Å². The van der Waals surface area contributed by atoms with Gasteiger partial charge in [0, 0.05) is 56.1 Å². The summed E-state index contributed by atoms with van der Waals surface area (Å²) in [6, 6.07) is 15.9. The van der Waals surface area contributed by atoms with Crippen molar-refractivity contribution in [2.24, 2.45) is 0 Å². The third kappa shape index (κ3) is 3.54. The van der Waals surface area contributed by atoms with E-state index in [1.807, 2.05) is 29.2 Å². The number of hydrogen-bond donors (Lipinski definition) is 0. The van der Waals surface area contributed by atoms with E-state index in [4.69, 9.17) is 0 Å². The third-order valence-electron chi connectivity index (χ3n) is 5.52. The number of amides is 2. The summed E-state index contributed by atoms with van der Waals surface area (Å²) in [5, 5.41) is 0. The van der Waals surface area contributed by atoms with E-state index >= 15 is 0 Å². The van der Waals surface area contributed by atoms with Gasteiger partial charge in [0.15, 0.2) is 0 Å². The Labute approximate surface area is 160 Å². The first-order valence-electron chi connectivity index (χ1n) is 9.64. The van der Waals surface area contributed by atoms with Crippen molar-refractivity contribution in [1.82, 2.24) is 4.90 Å². The Kier molecular flexibility index (Phi) is 4.84. The van der Waals surface area contributed by atoms with Crippen molar-refractivity contribution in [2.75, 3.05) is 42.5 Å². The van der Waals surface area contributed by atoms with Crippen LogP contribution >= 0.6 is 0 Å². The van der Waals surface area contributed by atoms with E-state index in [9.17, 15) is 9.59 Å². The molecule has 0 spiro atoms. The van der Waals surface area contributed by atoms with E-state index in [1.54, 1.807) is 4.90 Å². The Morgan fingerprint density at radius 1 is 0.889 bits per heavy atom. The molecule has 0 aliphatic carbocycles. The van der Waals surface area contributed by atoms with E-state index < -0.39 is 0 Å². The summed E-state index contributed by atoms with van der Waals surface area (Å²) in [4.78, 5) is 30.8. The Balaban J connectivity index is 1.39. The van der Waals surface area contributed by atoms with Crippen LogP contribution in [0.5, 0.6) is 0 Å². The second kappa shape index (κ2) is 7.43. The Morgan fingerprint density at radius 3 is 2.22 bits per heavy atom. The Hall–Kier alpha value is -2.82. The van der Waals surface area contributed by atoms with Gasteiger partial charge in [-0.2, -0.15) is 0 Å². The van der Waals surface area contributed by atoms with Gasteiger partial charge >= 0.3 is 0 Å². The molecule has 2 aromatic rings. The molecule has 2 heterocycles. The highest BCUT2D eigenvalue weighted by molar-refractivity contribution is 5.97. The number of piperazine rings is 1. The van der Waals surface area contributed by atoms with Crippen molar-refractivity contribution in [3.63, 3.8) is 0 Å². The number of rotatable bonds is 3. The molecular formula is C22H25N3O2. The lowest BCUT2D eigenvalue weighted by atomic mass is 10.1. The molecule has 5 heteroatoms. The number of anilines is 2. The summed E-state index contributed by atoms with van der Waals surface area (Å²) >= 11 is 0. The quantitative estimate of drug-likeness (QED) is 0.842. The maximum absolute atomic E-state index is 12.8. The van der Waals surface area contributed by atoms with Crippen molar-refractivity contribution < 1.29 is 9.59 Å². The van der Waals surface area contributed by atoms with Crippen LogP contribution in [0.15, 0.2) is 48.5 Å². The minimum Gasteiger partial charge on any atom is -0.368 e. The minimum absolute atomic E-state index is 0.0683. The normalized spacial score (nSPS) is 17.5. The molecule has 140 valence electrons. The molecular weight excluding hydrogens is 338 g/mol. The minimum atomic E-state index is 0.0683. The molecule has 27 heavy (non-hydrogen) atoms. The molecule has 0 bridgehead atoms. The first kappa shape index (κ1) is 17.6. The predicted molar refractivity (Wildman–Crippen MR) is 107 cm³/mol. The van der Waals surface area contributed by atoms with E-state index in [0.717, 1.165) is 44.8 Å². The van der Waals surface area contributed by atoms with Crippen molar-refractivity contribution in [1.29, 1.82) is 0 Å². The molecule has 2 amide bonds. The average molecular weight is 363 g/mol. The van der Waals surface area contributed by atoms with Crippen LogP contribution < -0.4 is 9.80 Å². The van der Waals surface area contributed by atoms with Crippen LogP contribution in [-0.2, 0) is 4.79 Å². The monoisotopic (exact) mass is 363 g/mol. The first-order valence-corrected chi connectivity index (χ1v) is 9.64. The lowest BCUT2D eigenvalue weighted by Crippen LogP contribution is -2.49. The largest absolute Gasteiger partial charge is 0.368 e.